The van der Waals surface area contributed by atoms with E-state index in [1.807, 2.05) is 29.8 Å². The lowest BCUT2D eigenvalue weighted by molar-refractivity contribution is 0.586. The van der Waals surface area contributed by atoms with Crippen molar-refractivity contribution < 1.29 is 0 Å². The highest BCUT2D eigenvalue weighted by molar-refractivity contribution is 9.10. The number of benzene rings is 1. The summed E-state index contributed by atoms with van der Waals surface area (Å²) < 4.78 is 3.87. The lowest BCUT2D eigenvalue weighted by Gasteiger charge is -2.15. The van der Waals surface area contributed by atoms with Crippen molar-refractivity contribution in [2.75, 3.05) is 0 Å². The Balaban J connectivity index is 2.32. The van der Waals surface area contributed by atoms with Crippen molar-refractivity contribution in [1.29, 1.82) is 0 Å². The van der Waals surface area contributed by atoms with Crippen LogP contribution >= 0.6 is 43.5 Å². The predicted octanol–water partition coefficient (Wildman–Crippen LogP) is 4.63. The number of nitrogens with two attached hydrogens (primary N) is 1. The highest BCUT2D eigenvalue weighted by Crippen LogP contribution is 2.32. The Morgan fingerprint density at radius 3 is 2.75 bits per heavy atom. The second-order valence-corrected chi connectivity index (χ2v) is 6.64. The number of hydrogen-bond acceptors (Lipinski definition) is 2. The van der Waals surface area contributed by atoms with Crippen LogP contribution in [0.1, 0.15) is 29.9 Å². The van der Waals surface area contributed by atoms with Gasteiger partial charge < -0.3 is 5.73 Å². The van der Waals surface area contributed by atoms with Crippen molar-refractivity contribution in [1.82, 2.24) is 9.78 Å². The van der Waals surface area contributed by atoms with Crippen molar-refractivity contribution in [3.05, 3.63) is 49.1 Å². The Hall–Kier alpha value is -0.360. The van der Waals surface area contributed by atoms with Crippen LogP contribution in [0.25, 0.3) is 0 Å². The molecule has 20 heavy (non-hydrogen) atoms. The molecule has 0 aliphatic carbocycles. The summed E-state index contributed by atoms with van der Waals surface area (Å²) in [6.07, 6.45) is 0.686. The number of rotatable bonds is 4. The molecule has 2 N–H and O–H groups in total. The molecule has 0 saturated heterocycles. The molecule has 0 bridgehead atoms. The van der Waals surface area contributed by atoms with Crippen molar-refractivity contribution in [3.8, 4) is 0 Å². The molecule has 2 aromatic rings. The molecule has 0 amide bonds. The maximum absolute atomic E-state index is 6.33. The third kappa shape index (κ3) is 3.11. The topological polar surface area (TPSA) is 43.8 Å². The molecule has 0 saturated carbocycles. The summed E-state index contributed by atoms with van der Waals surface area (Å²) in [7, 11) is 0. The molecule has 1 unspecified atom stereocenters. The molecule has 0 spiro atoms. The number of nitrogens with zero attached hydrogens (tertiary/aromatic N) is 2. The maximum Gasteiger partial charge on any atom is 0.0738 e. The molecule has 0 aliphatic heterocycles. The second-order valence-electron chi connectivity index (χ2n) is 4.62. The van der Waals surface area contributed by atoms with E-state index in [1.165, 1.54) is 0 Å². The van der Waals surface area contributed by atoms with Gasteiger partial charge in [0.15, 0.2) is 0 Å². The zero-order chi connectivity index (χ0) is 14.9. The number of aryl methyl sites for hydroxylation is 2. The van der Waals surface area contributed by atoms with E-state index in [1.54, 1.807) is 0 Å². The summed E-state index contributed by atoms with van der Waals surface area (Å²) in [6, 6.07) is 5.65. The summed E-state index contributed by atoms with van der Waals surface area (Å²) in [5.41, 5.74) is 9.36. The second kappa shape index (κ2) is 6.60. The van der Waals surface area contributed by atoms with Crippen LogP contribution in [0.2, 0.25) is 5.02 Å². The van der Waals surface area contributed by atoms with Gasteiger partial charge in [0.2, 0.25) is 0 Å². The highest BCUT2D eigenvalue weighted by atomic mass is 79.9. The Bertz CT molecular complexity index is 625. The number of aromatic nitrogens is 2. The third-order valence-electron chi connectivity index (χ3n) is 3.25. The molecular weight excluding hydrogens is 405 g/mol. The summed E-state index contributed by atoms with van der Waals surface area (Å²) in [4.78, 5) is 0. The molecule has 0 aliphatic rings. The third-order valence-corrected chi connectivity index (χ3v) is 5.59. The Labute approximate surface area is 140 Å². The lowest BCUT2D eigenvalue weighted by atomic mass is 10.0. The van der Waals surface area contributed by atoms with E-state index in [2.05, 4.69) is 43.9 Å². The molecule has 3 nitrogen and oxygen atoms in total. The first kappa shape index (κ1) is 16.0. The summed E-state index contributed by atoms with van der Waals surface area (Å²) in [6.45, 7) is 4.87. The minimum Gasteiger partial charge on any atom is -0.324 e. The highest BCUT2D eigenvalue weighted by Gasteiger charge is 2.18. The van der Waals surface area contributed by atoms with Crippen molar-refractivity contribution in [3.63, 3.8) is 0 Å². The van der Waals surface area contributed by atoms with E-state index in [0.717, 1.165) is 32.4 Å². The van der Waals surface area contributed by atoms with Crippen molar-refractivity contribution in [2.24, 2.45) is 5.73 Å². The molecule has 1 atom stereocenters. The quantitative estimate of drug-likeness (QED) is 0.782. The Morgan fingerprint density at radius 1 is 1.40 bits per heavy atom. The van der Waals surface area contributed by atoms with E-state index in [9.17, 15) is 0 Å². The molecule has 1 aromatic heterocycles. The van der Waals surface area contributed by atoms with E-state index in [0.29, 0.717) is 11.4 Å². The van der Waals surface area contributed by atoms with E-state index in [-0.39, 0.29) is 6.04 Å². The largest absolute Gasteiger partial charge is 0.324 e. The molecule has 1 heterocycles. The van der Waals surface area contributed by atoms with Gasteiger partial charge in [-0.25, -0.2) is 0 Å². The Morgan fingerprint density at radius 2 is 2.10 bits per heavy atom. The molecule has 0 fully saturated rings. The van der Waals surface area contributed by atoms with Gasteiger partial charge in [-0.2, -0.15) is 5.10 Å². The molecular formula is C14H16Br2ClN3. The van der Waals surface area contributed by atoms with Crippen molar-refractivity contribution >= 4 is 43.5 Å². The van der Waals surface area contributed by atoms with Gasteiger partial charge in [0, 0.05) is 23.5 Å². The Kier molecular flexibility index (Phi) is 5.29. The zero-order valence-corrected chi connectivity index (χ0v) is 15.3. The summed E-state index contributed by atoms with van der Waals surface area (Å²) >= 11 is 13.3. The summed E-state index contributed by atoms with van der Waals surface area (Å²) in [5.74, 6) is 0. The molecule has 6 heteroatoms. The minimum atomic E-state index is -0.169. The molecule has 2 rings (SSSR count). The monoisotopic (exact) mass is 419 g/mol. The van der Waals surface area contributed by atoms with E-state index in [4.69, 9.17) is 17.3 Å². The SMILES string of the molecule is CCn1nc(C)c(Br)c1CC(N)c1cccc(Br)c1Cl. The fraction of sp³-hybridized carbons (Fsp3) is 0.357. The van der Waals surface area contributed by atoms with E-state index >= 15 is 0 Å². The first-order valence-electron chi connectivity index (χ1n) is 6.37. The average molecular weight is 422 g/mol. The van der Waals surface area contributed by atoms with E-state index < -0.39 is 0 Å². The standard InChI is InChI=1S/C14H16Br2ClN3/c1-3-20-12(13(16)8(2)19-20)7-11(18)9-5-4-6-10(15)14(9)17/h4-6,11H,3,7,18H2,1-2H3. The average Bonchev–Trinajstić information content (AvgIpc) is 2.69. The van der Waals surface area contributed by atoms with Crippen LogP contribution in [-0.4, -0.2) is 9.78 Å². The molecule has 0 radical (unpaired) electrons. The first-order valence-corrected chi connectivity index (χ1v) is 8.33. The fourth-order valence-electron chi connectivity index (χ4n) is 2.19. The smallest absolute Gasteiger partial charge is 0.0738 e. The van der Waals surface area contributed by atoms with Gasteiger partial charge in [0.1, 0.15) is 0 Å². The minimum absolute atomic E-state index is 0.169. The van der Waals surface area contributed by atoms with Gasteiger partial charge in [-0.3, -0.25) is 4.68 Å². The predicted molar refractivity (Wildman–Crippen MR) is 90.1 cm³/mol. The van der Waals surface area contributed by atoms with Gasteiger partial charge in [-0.1, -0.05) is 23.7 Å². The molecule has 1 aromatic carbocycles. The fourth-order valence-corrected chi connectivity index (χ4v) is 3.28. The first-order chi connectivity index (χ1) is 9.45. The zero-order valence-electron chi connectivity index (χ0n) is 11.3. The van der Waals surface area contributed by atoms with Crippen LogP contribution < -0.4 is 5.73 Å². The summed E-state index contributed by atoms with van der Waals surface area (Å²) in [5, 5.41) is 5.16. The van der Waals surface area contributed by atoms with Crippen LogP contribution in [0.4, 0.5) is 0 Å². The van der Waals surface area contributed by atoms with Crippen molar-refractivity contribution in [2.45, 2.75) is 32.9 Å². The van der Waals surface area contributed by atoms with Gasteiger partial charge in [0.25, 0.3) is 0 Å². The van der Waals surface area contributed by atoms with Gasteiger partial charge >= 0.3 is 0 Å². The van der Waals surface area contributed by atoms with Crippen LogP contribution in [-0.2, 0) is 13.0 Å². The van der Waals surface area contributed by atoms with Crippen LogP contribution in [0.3, 0.4) is 0 Å². The van der Waals surface area contributed by atoms with Crippen LogP contribution in [0, 0.1) is 6.92 Å². The lowest BCUT2D eigenvalue weighted by Crippen LogP contribution is -2.17. The normalized spacial score (nSPS) is 12.7. The number of halogens is 3. The number of hydrogen-bond donors (Lipinski definition) is 1. The van der Waals surface area contributed by atoms with Gasteiger partial charge in [0.05, 0.1) is 20.9 Å². The van der Waals surface area contributed by atoms with Gasteiger partial charge in [-0.15, -0.1) is 0 Å². The van der Waals surface area contributed by atoms with Crippen LogP contribution in [0.15, 0.2) is 27.1 Å². The maximum atomic E-state index is 6.33. The van der Waals surface area contributed by atoms with Gasteiger partial charge in [-0.05, 0) is 57.3 Å². The molecule has 108 valence electrons. The van der Waals surface area contributed by atoms with Crippen LogP contribution in [0.5, 0.6) is 0 Å².